The lowest BCUT2D eigenvalue weighted by Crippen LogP contribution is -2.51. The normalized spacial score (nSPS) is 17.3. The summed E-state index contributed by atoms with van der Waals surface area (Å²) < 4.78 is 23.5. The van der Waals surface area contributed by atoms with Crippen molar-refractivity contribution in [1.82, 2.24) is 4.31 Å². The maximum absolute atomic E-state index is 11.5. The van der Waals surface area contributed by atoms with Gasteiger partial charge in [0.1, 0.15) is 5.78 Å². The molecule has 1 amide bonds. The molecule has 0 aromatic carbocycles. The quantitative estimate of drug-likeness (QED) is 0.763. The second-order valence-corrected chi connectivity index (χ2v) is 5.46. The maximum Gasteiger partial charge on any atom is 0.421 e. The molecule has 0 aromatic rings. The van der Waals surface area contributed by atoms with E-state index in [1.54, 1.807) is 6.92 Å². The van der Waals surface area contributed by atoms with Gasteiger partial charge in [-0.05, 0) is 6.42 Å². The molecule has 1 saturated carbocycles. The molecule has 15 heavy (non-hydrogen) atoms. The number of carbonyl (C=O) groups is 2. The summed E-state index contributed by atoms with van der Waals surface area (Å²) in [6.45, 7) is 1.66. The average Bonchev–Trinajstić information content (AvgIpc) is 1.99. The van der Waals surface area contributed by atoms with Gasteiger partial charge < -0.3 is 5.11 Å². The van der Waals surface area contributed by atoms with E-state index in [9.17, 15) is 18.0 Å². The molecule has 1 fully saturated rings. The predicted molar refractivity (Wildman–Crippen MR) is 52.0 cm³/mol. The molecule has 1 aliphatic rings. The van der Waals surface area contributed by atoms with Gasteiger partial charge in [-0.3, -0.25) is 4.79 Å². The molecule has 0 aromatic heterocycles. The van der Waals surface area contributed by atoms with Crippen LogP contribution in [-0.4, -0.2) is 41.5 Å². The van der Waals surface area contributed by atoms with Crippen molar-refractivity contribution in [3.63, 3.8) is 0 Å². The molecule has 0 bridgehead atoms. The molecule has 7 heteroatoms. The molecule has 1 N–H and O–H groups in total. The lowest BCUT2D eigenvalue weighted by Gasteiger charge is -2.33. The smallest absolute Gasteiger partial charge is 0.421 e. The minimum atomic E-state index is -3.77. The molecular formula is C8H13NO5S. The van der Waals surface area contributed by atoms with Crippen molar-refractivity contribution >= 4 is 21.9 Å². The summed E-state index contributed by atoms with van der Waals surface area (Å²) in [5, 5.41) is 8.79. The van der Waals surface area contributed by atoms with Crippen molar-refractivity contribution in [2.24, 2.45) is 0 Å². The fourth-order valence-electron chi connectivity index (χ4n) is 1.49. The van der Waals surface area contributed by atoms with Crippen LogP contribution in [0.15, 0.2) is 0 Å². The minimum absolute atomic E-state index is 0.00917. The third-order valence-corrected chi connectivity index (χ3v) is 4.19. The number of carboxylic acid groups (broad SMARTS) is 1. The molecule has 0 unspecified atom stereocenters. The first-order chi connectivity index (χ1) is 6.88. The summed E-state index contributed by atoms with van der Waals surface area (Å²) >= 11 is 0. The van der Waals surface area contributed by atoms with E-state index in [-0.39, 0.29) is 24.4 Å². The number of nitrogens with zero attached hydrogens (tertiary/aromatic N) is 1. The van der Waals surface area contributed by atoms with E-state index in [4.69, 9.17) is 5.11 Å². The highest BCUT2D eigenvalue weighted by molar-refractivity contribution is 7.89. The van der Waals surface area contributed by atoms with Crippen LogP contribution < -0.4 is 0 Å². The van der Waals surface area contributed by atoms with Crippen molar-refractivity contribution in [2.75, 3.05) is 5.75 Å². The lowest BCUT2D eigenvalue weighted by molar-refractivity contribution is -0.126. The average molecular weight is 235 g/mol. The van der Waals surface area contributed by atoms with Crippen LogP contribution in [0.4, 0.5) is 4.79 Å². The Bertz CT molecular complexity index is 366. The molecule has 0 radical (unpaired) electrons. The zero-order chi connectivity index (χ0) is 11.6. The number of ketones is 1. The number of Topliss-reactive ketones (excluding diaryl/α,β-unsaturated/α-hetero) is 1. The van der Waals surface area contributed by atoms with Gasteiger partial charge in [-0.15, -0.1) is 0 Å². The number of amides is 1. The van der Waals surface area contributed by atoms with Crippen LogP contribution in [-0.2, 0) is 14.8 Å². The summed E-state index contributed by atoms with van der Waals surface area (Å²) in [6.07, 6.45) is -1.13. The summed E-state index contributed by atoms with van der Waals surface area (Å²) in [5.74, 6) is -0.303. The number of hydrogen-bond acceptors (Lipinski definition) is 4. The second-order valence-electron chi connectivity index (χ2n) is 3.50. The van der Waals surface area contributed by atoms with Crippen molar-refractivity contribution < 1.29 is 23.1 Å². The molecular weight excluding hydrogens is 222 g/mol. The molecule has 0 aliphatic heterocycles. The van der Waals surface area contributed by atoms with E-state index < -0.39 is 22.2 Å². The highest BCUT2D eigenvalue weighted by atomic mass is 32.2. The Kier molecular flexibility index (Phi) is 3.33. The molecule has 0 atom stereocenters. The van der Waals surface area contributed by atoms with Crippen molar-refractivity contribution in [1.29, 1.82) is 0 Å². The third kappa shape index (κ3) is 2.47. The molecule has 1 rings (SSSR count). The Morgan fingerprint density at radius 3 is 2.40 bits per heavy atom. The van der Waals surface area contributed by atoms with Crippen molar-refractivity contribution in [3.05, 3.63) is 0 Å². The van der Waals surface area contributed by atoms with E-state index in [0.717, 1.165) is 0 Å². The number of hydrogen-bond donors (Lipinski definition) is 1. The SMILES string of the molecule is CCCS(=O)(=O)N(C(=O)O)C1CC(=O)C1. The van der Waals surface area contributed by atoms with E-state index in [1.807, 2.05) is 0 Å². The molecule has 0 spiro atoms. The van der Waals surface area contributed by atoms with Crippen LogP contribution in [0.25, 0.3) is 0 Å². The van der Waals surface area contributed by atoms with Crippen molar-refractivity contribution in [2.45, 2.75) is 32.2 Å². The van der Waals surface area contributed by atoms with Gasteiger partial charge in [0.15, 0.2) is 0 Å². The topological polar surface area (TPSA) is 91.8 Å². The van der Waals surface area contributed by atoms with Crippen LogP contribution in [0, 0.1) is 0 Å². The van der Waals surface area contributed by atoms with Gasteiger partial charge in [0.2, 0.25) is 10.0 Å². The Morgan fingerprint density at radius 2 is 2.07 bits per heavy atom. The van der Waals surface area contributed by atoms with Gasteiger partial charge in [0.05, 0.1) is 11.8 Å². The third-order valence-electron chi connectivity index (χ3n) is 2.21. The first-order valence-corrected chi connectivity index (χ1v) is 6.26. The van der Waals surface area contributed by atoms with Crippen molar-refractivity contribution in [3.8, 4) is 0 Å². The molecule has 0 heterocycles. The zero-order valence-electron chi connectivity index (χ0n) is 8.34. The molecule has 86 valence electrons. The maximum atomic E-state index is 11.5. The summed E-state index contributed by atoms with van der Waals surface area (Å²) in [7, 11) is -3.77. The zero-order valence-corrected chi connectivity index (χ0v) is 9.16. The standard InChI is InChI=1S/C8H13NO5S/c1-2-3-15(13,14)9(8(11)12)6-4-7(10)5-6/h6H,2-5H2,1H3,(H,11,12). The first-order valence-electron chi connectivity index (χ1n) is 4.65. The number of rotatable bonds is 4. The molecule has 6 nitrogen and oxygen atoms in total. The van der Waals surface area contributed by atoms with Gasteiger partial charge in [0, 0.05) is 12.8 Å². The van der Waals surface area contributed by atoms with Crippen LogP contribution in [0.3, 0.4) is 0 Å². The van der Waals surface area contributed by atoms with Crippen LogP contribution in [0.2, 0.25) is 0 Å². The largest absolute Gasteiger partial charge is 0.464 e. The predicted octanol–water partition coefficient (Wildman–Crippen LogP) is 0.438. The fraction of sp³-hybridized carbons (Fsp3) is 0.750. The lowest BCUT2D eigenvalue weighted by atomic mass is 9.92. The summed E-state index contributed by atoms with van der Waals surface area (Å²) in [6, 6.07) is -0.688. The van der Waals surface area contributed by atoms with Crippen LogP contribution in [0.5, 0.6) is 0 Å². The van der Waals surface area contributed by atoms with E-state index in [0.29, 0.717) is 10.7 Å². The van der Waals surface area contributed by atoms with Gasteiger partial charge >= 0.3 is 6.09 Å². The number of sulfonamides is 1. The first kappa shape index (κ1) is 12.0. The van der Waals surface area contributed by atoms with E-state index in [1.165, 1.54) is 0 Å². The van der Waals surface area contributed by atoms with Crippen LogP contribution >= 0.6 is 0 Å². The molecule has 1 aliphatic carbocycles. The van der Waals surface area contributed by atoms with Gasteiger partial charge in [-0.2, -0.15) is 0 Å². The van der Waals surface area contributed by atoms with E-state index in [2.05, 4.69) is 0 Å². The highest BCUT2D eigenvalue weighted by Crippen LogP contribution is 2.24. The van der Waals surface area contributed by atoms with Gasteiger partial charge in [0.25, 0.3) is 0 Å². The van der Waals surface area contributed by atoms with E-state index >= 15 is 0 Å². The summed E-state index contributed by atoms with van der Waals surface area (Å²) in [4.78, 5) is 21.5. The second kappa shape index (κ2) is 4.18. The fourth-order valence-corrected chi connectivity index (χ4v) is 3.04. The molecule has 0 saturated heterocycles. The van der Waals surface area contributed by atoms with Crippen LogP contribution in [0.1, 0.15) is 26.2 Å². The summed E-state index contributed by atoms with van der Waals surface area (Å²) in [5.41, 5.74) is 0. The Balaban J connectivity index is 2.84. The highest BCUT2D eigenvalue weighted by Gasteiger charge is 2.41. The van der Waals surface area contributed by atoms with Gasteiger partial charge in [-0.1, -0.05) is 6.92 Å². The monoisotopic (exact) mass is 235 g/mol. The Morgan fingerprint density at radius 1 is 1.53 bits per heavy atom. The number of carbonyl (C=O) groups excluding carboxylic acids is 1. The minimum Gasteiger partial charge on any atom is -0.464 e. The van der Waals surface area contributed by atoms with Gasteiger partial charge in [-0.25, -0.2) is 17.5 Å². The Hall–Kier alpha value is -1.11. The Labute approximate surface area is 87.9 Å².